The van der Waals surface area contributed by atoms with E-state index in [0.29, 0.717) is 31.0 Å². The molecule has 6 heteroatoms. The SMILES string of the molecule is CC[C@H](Sc1ccc(Cl)cc1)C(=O)N1CCC(C(N)=O)CC1. The van der Waals surface area contributed by atoms with Gasteiger partial charge in [-0.15, -0.1) is 11.8 Å². The number of nitrogens with zero attached hydrogens (tertiary/aromatic N) is 1. The fourth-order valence-electron chi connectivity index (χ4n) is 2.57. The Morgan fingerprint density at radius 3 is 2.41 bits per heavy atom. The van der Waals surface area contributed by atoms with Crippen molar-refractivity contribution in [2.45, 2.75) is 36.3 Å². The number of carbonyl (C=O) groups is 2. The molecule has 1 atom stereocenters. The molecule has 0 unspecified atom stereocenters. The lowest BCUT2D eigenvalue weighted by Crippen LogP contribution is -2.44. The van der Waals surface area contributed by atoms with E-state index in [1.165, 1.54) is 0 Å². The largest absolute Gasteiger partial charge is 0.369 e. The Labute approximate surface area is 140 Å². The molecular formula is C16H21ClN2O2S. The number of halogens is 1. The third-order valence-electron chi connectivity index (χ3n) is 3.95. The molecule has 2 rings (SSSR count). The fourth-order valence-corrected chi connectivity index (χ4v) is 3.74. The second-order valence-corrected chi connectivity index (χ2v) is 7.18. The molecule has 0 saturated carbocycles. The third kappa shape index (κ3) is 4.40. The molecular weight excluding hydrogens is 320 g/mol. The van der Waals surface area contributed by atoms with E-state index >= 15 is 0 Å². The topological polar surface area (TPSA) is 63.4 Å². The first-order valence-electron chi connectivity index (χ1n) is 7.51. The zero-order valence-electron chi connectivity index (χ0n) is 12.6. The van der Waals surface area contributed by atoms with Gasteiger partial charge in [-0.1, -0.05) is 18.5 Å². The molecule has 0 spiro atoms. The second kappa shape index (κ2) is 7.88. The second-order valence-electron chi connectivity index (χ2n) is 5.47. The van der Waals surface area contributed by atoms with Crippen molar-refractivity contribution in [1.29, 1.82) is 0 Å². The van der Waals surface area contributed by atoms with Gasteiger partial charge < -0.3 is 10.6 Å². The van der Waals surface area contributed by atoms with Gasteiger partial charge in [-0.2, -0.15) is 0 Å². The van der Waals surface area contributed by atoms with E-state index < -0.39 is 0 Å². The Bertz CT molecular complexity index is 527. The minimum atomic E-state index is -0.255. The lowest BCUT2D eigenvalue weighted by molar-refractivity contribution is -0.134. The summed E-state index contributed by atoms with van der Waals surface area (Å²) >= 11 is 7.45. The zero-order chi connectivity index (χ0) is 16.1. The van der Waals surface area contributed by atoms with Crippen molar-refractivity contribution in [2.24, 2.45) is 11.7 Å². The average Bonchev–Trinajstić information content (AvgIpc) is 2.53. The van der Waals surface area contributed by atoms with Gasteiger partial charge in [-0.25, -0.2) is 0 Å². The predicted octanol–water partition coefficient (Wildman–Crippen LogP) is 2.93. The van der Waals surface area contributed by atoms with Crippen LogP contribution in [0.3, 0.4) is 0 Å². The Kier molecular flexibility index (Phi) is 6.15. The highest BCUT2D eigenvalue weighted by molar-refractivity contribution is 8.00. The summed E-state index contributed by atoms with van der Waals surface area (Å²) in [5.41, 5.74) is 5.33. The molecule has 1 saturated heterocycles. The van der Waals surface area contributed by atoms with E-state index in [1.807, 2.05) is 36.1 Å². The van der Waals surface area contributed by atoms with E-state index in [-0.39, 0.29) is 23.0 Å². The minimum Gasteiger partial charge on any atom is -0.369 e. The third-order valence-corrected chi connectivity index (χ3v) is 5.56. The van der Waals surface area contributed by atoms with Gasteiger partial charge in [0, 0.05) is 28.9 Å². The molecule has 0 aromatic heterocycles. The summed E-state index contributed by atoms with van der Waals surface area (Å²) in [5.74, 6) is -0.201. The van der Waals surface area contributed by atoms with E-state index in [0.717, 1.165) is 11.3 Å². The molecule has 0 radical (unpaired) electrons. The van der Waals surface area contributed by atoms with Crippen LogP contribution in [0.1, 0.15) is 26.2 Å². The Hall–Kier alpha value is -1.20. The molecule has 0 aliphatic carbocycles. The molecule has 1 fully saturated rings. The first-order chi connectivity index (χ1) is 10.5. The summed E-state index contributed by atoms with van der Waals surface area (Å²) in [6, 6.07) is 7.53. The molecule has 22 heavy (non-hydrogen) atoms. The molecule has 2 N–H and O–H groups in total. The maximum Gasteiger partial charge on any atom is 0.236 e. The van der Waals surface area contributed by atoms with E-state index in [9.17, 15) is 9.59 Å². The Balaban J connectivity index is 1.94. The zero-order valence-corrected chi connectivity index (χ0v) is 14.2. The molecule has 1 aliphatic heterocycles. The summed E-state index contributed by atoms with van der Waals surface area (Å²) < 4.78 is 0. The smallest absolute Gasteiger partial charge is 0.236 e. The molecule has 4 nitrogen and oxygen atoms in total. The molecule has 1 aromatic rings. The van der Waals surface area contributed by atoms with E-state index in [1.54, 1.807) is 11.8 Å². The van der Waals surface area contributed by atoms with Crippen LogP contribution in [0.2, 0.25) is 5.02 Å². The van der Waals surface area contributed by atoms with Gasteiger partial charge >= 0.3 is 0 Å². The number of primary amides is 1. The van der Waals surface area contributed by atoms with Gasteiger partial charge in [-0.05, 0) is 43.5 Å². The lowest BCUT2D eigenvalue weighted by Gasteiger charge is -2.32. The van der Waals surface area contributed by atoms with Crippen LogP contribution in [0.4, 0.5) is 0 Å². The van der Waals surface area contributed by atoms with Gasteiger partial charge in [-0.3, -0.25) is 9.59 Å². The summed E-state index contributed by atoms with van der Waals surface area (Å²) in [6.45, 7) is 3.25. The van der Waals surface area contributed by atoms with Crippen LogP contribution in [0.5, 0.6) is 0 Å². The van der Waals surface area contributed by atoms with E-state index in [2.05, 4.69) is 0 Å². The van der Waals surface area contributed by atoms with Gasteiger partial charge in [0.2, 0.25) is 11.8 Å². The Morgan fingerprint density at radius 1 is 1.32 bits per heavy atom. The van der Waals surface area contributed by atoms with Crippen molar-refractivity contribution in [3.8, 4) is 0 Å². The first kappa shape index (κ1) is 17.2. The fraction of sp³-hybridized carbons (Fsp3) is 0.500. The van der Waals surface area contributed by atoms with Crippen molar-refractivity contribution in [1.82, 2.24) is 4.90 Å². The number of nitrogens with two attached hydrogens (primary N) is 1. The van der Waals surface area contributed by atoms with Crippen LogP contribution in [0.25, 0.3) is 0 Å². The van der Waals surface area contributed by atoms with Gasteiger partial charge in [0.15, 0.2) is 0 Å². The monoisotopic (exact) mass is 340 g/mol. The molecule has 0 bridgehead atoms. The van der Waals surface area contributed by atoms with Crippen LogP contribution < -0.4 is 5.73 Å². The van der Waals surface area contributed by atoms with Gasteiger partial charge in [0.25, 0.3) is 0 Å². The maximum atomic E-state index is 12.6. The summed E-state index contributed by atoms with van der Waals surface area (Å²) in [4.78, 5) is 26.7. The minimum absolute atomic E-state index is 0.0898. The van der Waals surface area contributed by atoms with Crippen LogP contribution >= 0.6 is 23.4 Å². The summed E-state index contributed by atoms with van der Waals surface area (Å²) in [6.07, 6.45) is 2.11. The van der Waals surface area contributed by atoms with Crippen LogP contribution in [0.15, 0.2) is 29.2 Å². The molecule has 1 heterocycles. The van der Waals surface area contributed by atoms with Crippen LogP contribution in [-0.4, -0.2) is 35.1 Å². The van der Waals surface area contributed by atoms with Crippen molar-refractivity contribution in [3.63, 3.8) is 0 Å². The van der Waals surface area contributed by atoms with E-state index in [4.69, 9.17) is 17.3 Å². The average molecular weight is 341 g/mol. The number of hydrogen-bond donors (Lipinski definition) is 1. The highest BCUT2D eigenvalue weighted by Crippen LogP contribution is 2.29. The highest BCUT2D eigenvalue weighted by Gasteiger charge is 2.29. The quantitative estimate of drug-likeness (QED) is 0.838. The first-order valence-corrected chi connectivity index (χ1v) is 8.77. The van der Waals surface area contributed by atoms with Crippen molar-refractivity contribution in [2.75, 3.05) is 13.1 Å². The van der Waals surface area contributed by atoms with Crippen molar-refractivity contribution in [3.05, 3.63) is 29.3 Å². The number of benzene rings is 1. The standard InChI is InChI=1S/C16H21ClN2O2S/c1-2-14(22-13-5-3-12(17)4-6-13)16(21)19-9-7-11(8-10-19)15(18)20/h3-6,11,14H,2,7-10H2,1H3,(H2,18,20)/t14-/m0/s1. The summed E-state index contributed by atoms with van der Waals surface area (Å²) in [5, 5.41) is 0.587. The van der Waals surface area contributed by atoms with Crippen LogP contribution in [-0.2, 0) is 9.59 Å². The molecule has 120 valence electrons. The Morgan fingerprint density at radius 2 is 1.91 bits per heavy atom. The number of thioether (sulfide) groups is 1. The van der Waals surface area contributed by atoms with Gasteiger partial charge in [0.05, 0.1) is 5.25 Å². The number of hydrogen-bond acceptors (Lipinski definition) is 3. The lowest BCUT2D eigenvalue weighted by atomic mass is 9.96. The molecule has 1 aliphatic rings. The van der Waals surface area contributed by atoms with Crippen molar-refractivity contribution >= 4 is 35.2 Å². The number of carbonyl (C=O) groups excluding carboxylic acids is 2. The predicted molar refractivity (Wildman–Crippen MR) is 89.9 cm³/mol. The van der Waals surface area contributed by atoms with Crippen LogP contribution in [0, 0.1) is 5.92 Å². The number of likely N-dealkylation sites (tertiary alicyclic amines) is 1. The number of piperidine rings is 1. The molecule has 1 aromatic carbocycles. The molecule has 2 amide bonds. The normalized spacial score (nSPS) is 17.3. The number of amides is 2. The van der Waals surface area contributed by atoms with Crippen molar-refractivity contribution < 1.29 is 9.59 Å². The van der Waals surface area contributed by atoms with Gasteiger partial charge in [0.1, 0.15) is 0 Å². The maximum absolute atomic E-state index is 12.6. The highest BCUT2D eigenvalue weighted by atomic mass is 35.5. The number of rotatable bonds is 5. The summed E-state index contributed by atoms with van der Waals surface area (Å²) in [7, 11) is 0.